The number of amides is 1. The molecule has 0 saturated heterocycles. The molecule has 1 aliphatic heterocycles. The molecule has 3 aromatic carbocycles. The van der Waals surface area contributed by atoms with E-state index in [0.29, 0.717) is 28.4 Å². The molecule has 4 rings (SSSR count). The Morgan fingerprint density at radius 1 is 1.03 bits per heavy atom. The summed E-state index contributed by atoms with van der Waals surface area (Å²) in [7, 11) is 0. The molecule has 0 aromatic heterocycles. The summed E-state index contributed by atoms with van der Waals surface area (Å²) in [4.78, 5) is 23.8. The van der Waals surface area contributed by atoms with Crippen molar-refractivity contribution in [3.8, 4) is 0 Å². The zero-order valence-electron chi connectivity index (χ0n) is 18.6. The Morgan fingerprint density at radius 2 is 1.76 bits per heavy atom. The largest absolute Gasteiger partial charge is 0.354 e. The molecule has 3 N–H and O–H groups in total. The monoisotopic (exact) mass is 442 g/mol. The van der Waals surface area contributed by atoms with E-state index in [9.17, 15) is 14.9 Å². The summed E-state index contributed by atoms with van der Waals surface area (Å²) in [5.74, 6) is 0.286. The second kappa shape index (κ2) is 9.67. The van der Waals surface area contributed by atoms with Crippen molar-refractivity contribution in [2.24, 2.45) is 5.92 Å². The topological polar surface area (TPSA) is 96.3 Å². The van der Waals surface area contributed by atoms with E-state index in [1.165, 1.54) is 12.1 Å². The third-order valence-electron chi connectivity index (χ3n) is 5.38. The van der Waals surface area contributed by atoms with Crippen LogP contribution in [0, 0.1) is 16.0 Å². The van der Waals surface area contributed by atoms with Crippen LogP contribution in [0.1, 0.15) is 30.5 Å². The van der Waals surface area contributed by atoms with E-state index in [-0.39, 0.29) is 11.6 Å². The summed E-state index contributed by atoms with van der Waals surface area (Å²) in [6, 6.07) is 21.9. The van der Waals surface area contributed by atoms with Gasteiger partial charge in [-0.3, -0.25) is 14.9 Å². The second-order valence-electron chi connectivity index (χ2n) is 8.40. The van der Waals surface area contributed by atoms with Gasteiger partial charge in [-0.15, -0.1) is 0 Å². The molecule has 0 radical (unpaired) electrons. The van der Waals surface area contributed by atoms with Crippen molar-refractivity contribution in [1.82, 2.24) is 5.32 Å². The summed E-state index contributed by atoms with van der Waals surface area (Å²) < 4.78 is 0. The Labute approximate surface area is 192 Å². The fourth-order valence-electron chi connectivity index (χ4n) is 3.76. The first-order chi connectivity index (χ1) is 15.9. The van der Waals surface area contributed by atoms with E-state index in [4.69, 9.17) is 0 Å². The van der Waals surface area contributed by atoms with Crippen molar-refractivity contribution < 1.29 is 9.72 Å². The molecule has 168 valence electrons. The highest BCUT2D eigenvalue weighted by atomic mass is 16.6. The SMILES string of the molecule is CC(C)CNCc1ccc(N/C(=C2\C(=O)Nc3ccc([N+](=O)[O-])cc32)c2ccccc2)cc1. The fraction of sp³-hybridized carbons (Fsp3) is 0.192. The molecule has 1 heterocycles. The van der Waals surface area contributed by atoms with Gasteiger partial charge in [-0.25, -0.2) is 0 Å². The maximum atomic E-state index is 13.0. The predicted octanol–water partition coefficient (Wildman–Crippen LogP) is 5.27. The Morgan fingerprint density at radius 3 is 2.42 bits per heavy atom. The molecule has 7 heteroatoms. The normalized spacial score (nSPS) is 14.1. The molecule has 1 amide bonds. The number of nitro groups is 1. The van der Waals surface area contributed by atoms with Crippen molar-refractivity contribution >= 4 is 34.2 Å². The third-order valence-corrected chi connectivity index (χ3v) is 5.38. The van der Waals surface area contributed by atoms with Crippen LogP contribution in [0.4, 0.5) is 17.1 Å². The number of carbonyl (C=O) groups excluding carboxylic acids is 1. The smallest absolute Gasteiger partial charge is 0.270 e. The molecular formula is C26H26N4O3. The number of rotatable bonds is 8. The van der Waals surface area contributed by atoms with Crippen molar-refractivity contribution in [1.29, 1.82) is 0 Å². The summed E-state index contributed by atoms with van der Waals surface area (Å²) in [6.45, 7) is 6.07. The van der Waals surface area contributed by atoms with Gasteiger partial charge in [0.15, 0.2) is 0 Å². The number of nitrogens with zero attached hydrogens (tertiary/aromatic N) is 1. The lowest BCUT2D eigenvalue weighted by molar-refractivity contribution is -0.384. The molecule has 0 aliphatic carbocycles. The highest BCUT2D eigenvalue weighted by Crippen LogP contribution is 2.39. The maximum Gasteiger partial charge on any atom is 0.270 e. The molecule has 33 heavy (non-hydrogen) atoms. The molecule has 0 spiro atoms. The van der Waals surface area contributed by atoms with Crippen LogP contribution in [-0.4, -0.2) is 17.4 Å². The van der Waals surface area contributed by atoms with E-state index in [1.807, 2.05) is 54.6 Å². The zero-order chi connectivity index (χ0) is 23.4. The Kier molecular flexibility index (Phi) is 6.51. The molecule has 1 aliphatic rings. The van der Waals surface area contributed by atoms with Gasteiger partial charge in [0.05, 0.1) is 16.2 Å². The molecule has 0 fully saturated rings. The molecule has 0 unspecified atom stereocenters. The number of fused-ring (bicyclic) bond motifs is 1. The van der Waals surface area contributed by atoms with Crippen LogP contribution in [0.3, 0.4) is 0 Å². The average molecular weight is 443 g/mol. The molecule has 7 nitrogen and oxygen atoms in total. The lowest BCUT2D eigenvalue weighted by atomic mass is 9.99. The van der Waals surface area contributed by atoms with Gasteiger partial charge in [-0.1, -0.05) is 56.3 Å². The van der Waals surface area contributed by atoms with Crippen LogP contribution in [0.5, 0.6) is 0 Å². The number of non-ortho nitro benzene ring substituents is 1. The third kappa shape index (κ3) is 5.10. The van der Waals surface area contributed by atoms with Gasteiger partial charge in [0.2, 0.25) is 0 Å². The molecular weight excluding hydrogens is 416 g/mol. The number of hydrogen-bond acceptors (Lipinski definition) is 5. The number of nitrogens with one attached hydrogen (secondary N) is 3. The first-order valence-electron chi connectivity index (χ1n) is 10.9. The van der Waals surface area contributed by atoms with E-state index in [2.05, 4.69) is 29.8 Å². The highest BCUT2D eigenvalue weighted by molar-refractivity contribution is 6.37. The quantitative estimate of drug-likeness (QED) is 0.251. The van der Waals surface area contributed by atoms with Crippen LogP contribution in [0.25, 0.3) is 11.3 Å². The Balaban J connectivity index is 1.71. The molecule has 3 aromatic rings. The zero-order valence-corrected chi connectivity index (χ0v) is 18.6. The van der Waals surface area contributed by atoms with Gasteiger partial charge in [-0.05, 0) is 41.8 Å². The number of benzene rings is 3. The molecule has 0 saturated carbocycles. The number of nitro benzene ring substituents is 1. The Bertz CT molecular complexity index is 1200. The number of carbonyl (C=O) groups is 1. The summed E-state index contributed by atoms with van der Waals surface area (Å²) in [5, 5.41) is 21.0. The van der Waals surface area contributed by atoms with Gasteiger partial charge < -0.3 is 16.0 Å². The highest BCUT2D eigenvalue weighted by Gasteiger charge is 2.30. The second-order valence-corrected chi connectivity index (χ2v) is 8.40. The van der Waals surface area contributed by atoms with Crippen LogP contribution in [-0.2, 0) is 11.3 Å². The fourth-order valence-corrected chi connectivity index (χ4v) is 3.76. The van der Waals surface area contributed by atoms with E-state index >= 15 is 0 Å². The summed E-state index contributed by atoms with van der Waals surface area (Å²) in [5.41, 5.74) is 4.77. The van der Waals surface area contributed by atoms with Crippen molar-refractivity contribution in [2.45, 2.75) is 20.4 Å². The standard InChI is InChI=1S/C26H26N4O3/c1-17(2)15-27-16-18-8-10-20(11-9-18)28-25(19-6-4-3-5-7-19)24-22-14-21(30(32)33)12-13-23(22)29-26(24)31/h3-14,17,27-28H,15-16H2,1-2H3,(H,29,31)/b25-24-. The number of hydrogen-bond donors (Lipinski definition) is 3. The van der Waals surface area contributed by atoms with Crippen LogP contribution < -0.4 is 16.0 Å². The lowest BCUT2D eigenvalue weighted by Crippen LogP contribution is -2.18. The van der Waals surface area contributed by atoms with Gasteiger partial charge in [0.25, 0.3) is 11.6 Å². The average Bonchev–Trinajstić information content (AvgIpc) is 3.13. The Hall–Kier alpha value is -3.97. The van der Waals surface area contributed by atoms with Crippen molar-refractivity contribution in [3.05, 3.63) is 99.6 Å². The summed E-state index contributed by atoms with van der Waals surface area (Å²) >= 11 is 0. The van der Waals surface area contributed by atoms with E-state index < -0.39 is 4.92 Å². The van der Waals surface area contributed by atoms with Gasteiger partial charge in [0.1, 0.15) is 0 Å². The van der Waals surface area contributed by atoms with Crippen LogP contribution in [0.15, 0.2) is 72.8 Å². The van der Waals surface area contributed by atoms with E-state index in [0.717, 1.165) is 29.9 Å². The first-order valence-corrected chi connectivity index (χ1v) is 10.9. The van der Waals surface area contributed by atoms with Gasteiger partial charge in [-0.2, -0.15) is 0 Å². The van der Waals surface area contributed by atoms with Crippen LogP contribution >= 0.6 is 0 Å². The van der Waals surface area contributed by atoms with Crippen LogP contribution in [0.2, 0.25) is 0 Å². The molecule has 0 bridgehead atoms. The predicted molar refractivity (Wildman–Crippen MR) is 132 cm³/mol. The van der Waals surface area contributed by atoms with Gasteiger partial charge in [0, 0.05) is 35.6 Å². The lowest BCUT2D eigenvalue weighted by Gasteiger charge is -2.15. The van der Waals surface area contributed by atoms with Crippen molar-refractivity contribution in [3.63, 3.8) is 0 Å². The first kappa shape index (κ1) is 22.2. The minimum atomic E-state index is -0.456. The van der Waals surface area contributed by atoms with Gasteiger partial charge >= 0.3 is 0 Å². The molecule has 0 atom stereocenters. The minimum absolute atomic E-state index is 0.0617. The summed E-state index contributed by atoms with van der Waals surface area (Å²) in [6.07, 6.45) is 0. The maximum absolute atomic E-state index is 13.0. The number of anilines is 2. The van der Waals surface area contributed by atoms with Crippen molar-refractivity contribution in [2.75, 3.05) is 17.2 Å². The van der Waals surface area contributed by atoms with E-state index in [1.54, 1.807) is 6.07 Å². The minimum Gasteiger partial charge on any atom is -0.354 e.